The first-order valence-corrected chi connectivity index (χ1v) is 13.9. The summed E-state index contributed by atoms with van der Waals surface area (Å²) < 4.78 is 28.8. The summed E-state index contributed by atoms with van der Waals surface area (Å²) in [4.78, 5) is 29.8. The van der Waals surface area contributed by atoms with E-state index in [1.807, 2.05) is 46.0 Å². The van der Waals surface area contributed by atoms with E-state index in [1.165, 1.54) is 6.33 Å². The Morgan fingerprint density at radius 1 is 1.00 bits per heavy atom. The molecule has 1 aliphatic heterocycles. The summed E-state index contributed by atoms with van der Waals surface area (Å²) in [5.41, 5.74) is 2.69. The smallest absolute Gasteiger partial charge is 0.410 e. The van der Waals surface area contributed by atoms with E-state index in [1.54, 1.807) is 40.8 Å². The lowest BCUT2D eigenvalue weighted by molar-refractivity contribution is 0.0240. The number of pyridine rings is 1. The molecule has 4 heterocycles. The van der Waals surface area contributed by atoms with Crippen LogP contribution in [0.15, 0.2) is 48.8 Å². The Morgan fingerprint density at radius 3 is 2.56 bits per heavy atom. The monoisotopic (exact) mass is 585 g/mol. The average Bonchev–Trinajstić information content (AvgIpc) is 3.35. The van der Waals surface area contributed by atoms with E-state index >= 15 is 4.39 Å². The quantitative estimate of drug-likeness (QED) is 0.289. The summed E-state index contributed by atoms with van der Waals surface area (Å²) in [6, 6.07) is 12.5. The fourth-order valence-electron chi connectivity index (χ4n) is 4.85. The predicted octanol–water partition coefficient (Wildman–Crippen LogP) is 5.35. The molecule has 12 nitrogen and oxygen atoms in total. The zero-order valence-electron chi connectivity index (χ0n) is 24.6. The lowest BCUT2D eigenvalue weighted by Crippen LogP contribution is -2.50. The molecule has 0 saturated carbocycles. The molecule has 1 aliphatic rings. The van der Waals surface area contributed by atoms with Crippen LogP contribution in [0.25, 0.3) is 22.1 Å². The van der Waals surface area contributed by atoms with Gasteiger partial charge in [0, 0.05) is 44.9 Å². The number of aromatic nitrogens is 6. The molecule has 1 N–H and O–H groups in total. The van der Waals surface area contributed by atoms with Crippen LogP contribution in [-0.2, 0) is 11.8 Å². The van der Waals surface area contributed by atoms with Crippen molar-refractivity contribution in [3.8, 4) is 11.5 Å². The molecule has 222 valence electrons. The van der Waals surface area contributed by atoms with Crippen molar-refractivity contribution < 1.29 is 18.7 Å². The van der Waals surface area contributed by atoms with Crippen molar-refractivity contribution in [2.24, 2.45) is 7.05 Å². The third-order valence-electron chi connectivity index (χ3n) is 7.12. The number of carbonyl (C=O) groups is 1. The predicted molar refractivity (Wildman–Crippen MR) is 160 cm³/mol. The Bertz CT molecular complexity index is 1830. The fourth-order valence-corrected chi connectivity index (χ4v) is 4.85. The van der Waals surface area contributed by atoms with Gasteiger partial charge >= 0.3 is 6.09 Å². The van der Waals surface area contributed by atoms with Crippen LogP contribution >= 0.6 is 0 Å². The highest BCUT2D eigenvalue weighted by Gasteiger charge is 2.26. The Balaban J connectivity index is 1.19. The zero-order valence-corrected chi connectivity index (χ0v) is 24.6. The molecule has 5 aromatic rings. The maximum Gasteiger partial charge on any atom is 0.410 e. The van der Waals surface area contributed by atoms with Gasteiger partial charge in [0.2, 0.25) is 0 Å². The van der Waals surface area contributed by atoms with Crippen molar-refractivity contribution >= 4 is 45.5 Å². The van der Waals surface area contributed by atoms with Crippen LogP contribution in [-0.4, -0.2) is 72.7 Å². The number of amides is 1. The summed E-state index contributed by atoms with van der Waals surface area (Å²) in [5.74, 6) is 1.53. The van der Waals surface area contributed by atoms with Gasteiger partial charge in [-0.15, -0.1) is 5.10 Å². The second-order valence-electron chi connectivity index (χ2n) is 11.4. The van der Waals surface area contributed by atoms with E-state index in [9.17, 15) is 4.79 Å². The average molecular weight is 586 g/mol. The molecule has 1 amide bonds. The molecule has 1 saturated heterocycles. The number of hydrogen-bond donors (Lipinski definition) is 1. The highest BCUT2D eigenvalue weighted by Crippen LogP contribution is 2.33. The molecule has 43 heavy (non-hydrogen) atoms. The summed E-state index contributed by atoms with van der Waals surface area (Å²) in [7, 11) is 1.81. The topological polar surface area (TPSA) is 123 Å². The number of rotatable bonds is 5. The molecule has 0 unspecified atom stereocenters. The van der Waals surface area contributed by atoms with Gasteiger partial charge in [0.25, 0.3) is 0 Å². The lowest BCUT2D eigenvalue weighted by Gasteiger charge is -2.36. The maximum absolute atomic E-state index is 15.6. The van der Waals surface area contributed by atoms with E-state index in [0.29, 0.717) is 65.6 Å². The molecule has 1 fully saturated rings. The molecular weight excluding hydrogens is 553 g/mol. The first-order valence-electron chi connectivity index (χ1n) is 13.9. The normalized spacial score (nSPS) is 13.9. The minimum atomic E-state index is -0.546. The maximum atomic E-state index is 15.6. The molecule has 3 aromatic heterocycles. The van der Waals surface area contributed by atoms with E-state index in [-0.39, 0.29) is 11.8 Å². The Kier molecular flexibility index (Phi) is 7.16. The van der Waals surface area contributed by atoms with Gasteiger partial charge in [0.05, 0.1) is 16.7 Å². The second-order valence-corrected chi connectivity index (χ2v) is 11.4. The molecular formula is C30H32FN9O3. The highest BCUT2D eigenvalue weighted by atomic mass is 19.1. The van der Waals surface area contributed by atoms with Gasteiger partial charge in [-0.25, -0.2) is 28.8 Å². The van der Waals surface area contributed by atoms with Crippen LogP contribution in [0, 0.1) is 12.7 Å². The molecule has 0 spiro atoms. The van der Waals surface area contributed by atoms with E-state index < -0.39 is 11.4 Å². The largest absolute Gasteiger partial charge is 0.457 e. The number of nitrogens with one attached hydrogen (secondary N) is 1. The van der Waals surface area contributed by atoms with Crippen LogP contribution in [0.2, 0.25) is 0 Å². The number of benzene rings is 2. The van der Waals surface area contributed by atoms with Crippen molar-refractivity contribution in [3.63, 3.8) is 0 Å². The molecule has 0 atom stereocenters. The number of anilines is 3. The molecule has 13 heteroatoms. The van der Waals surface area contributed by atoms with E-state index in [2.05, 4.69) is 30.5 Å². The van der Waals surface area contributed by atoms with Crippen molar-refractivity contribution in [2.45, 2.75) is 33.3 Å². The first kappa shape index (κ1) is 28.1. The number of hydrogen-bond acceptors (Lipinski definition) is 10. The van der Waals surface area contributed by atoms with Gasteiger partial charge in [0.15, 0.2) is 11.6 Å². The molecule has 0 aliphatic carbocycles. The minimum absolute atomic E-state index is 0.229. The third-order valence-corrected chi connectivity index (χ3v) is 7.12. The standard InChI is InChI=1S/C30H32FN9O3/c1-18-24(42-19-6-9-23-22(16-19)36-37-38(23)5)10-7-20(26(18)31)34-28-27-21(32-17-33-28)8-11-25(35-27)39-12-14-40(15-13-39)29(41)43-30(2,3)4/h6-11,16-17H,12-15H2,1-5H3,(H,32,33,34). The van der Waals surface area contributed by atoms with Gasteiger partial charge in [-0.05, 0) is 64.1 Å². The number of fused-ring (bicyclic) bond motifs is 2. The number of ether oxygens (including phenoxy) is 2. The summed E-state index contributed by atoms with van der Waals surface area (Å²) in [6.07, 6.45) is 1.09. The Labute approximate surface area is 247 Å². The van der Waals surface area contributed by atoms with Crippen LogP contribution in [0.5, 0.6) is 11.5 Å². The van der Waals surface area contributed by atoms with E-state index in [0.717, 1.165) is 11.3 Å². The Hall–Kier alpha value is -5.07. The number of halogens is 1. The number of nitrogens with zero attached hydrogens (tertiary/aromatic N) is 8. The van der Waals surface area contributed by atoms with Crippen molar-refractivity contribution in [2.75, 3.05) is 36.4 Å². The van der Waals surface area contributed by atoms with Crippen LogP contribution in [0.3, 0.4) is 0 Å². The van der Waals surface area contributed by atoms with Crippen molar-refractivity contribution in [1.82, 2.24) is 34.8 Å². The van der Waals surface area contributed by atoms with Crippen molar-refractivity contribution in [3.05, 3.63) is 60.2 Å². The van der Waals surface area contributed by atoms with Gasteiger partial charge < -0.3 is 24.6 Å². The molecule has 0 bridgehead atoms. The van der Waals surface area contributed by atoms with Crippen LogP contribution in [0.4, 0.5) is 26.5 Å². The first-order chi connectivity index (χ1) is 20.6. The van der Waals surface area contributed by atoms with Crippen molar-refractivity contribution in [1.29, 1.82) is 0 Å². The SMILES string of the molecule is Cc1c(Oc2ccc3c(c2)nnn3C)ccc(Nc2ncnc3ccc(N4CCN(C(=O)OC(C)(C)C)CC4)nc23)c1F. The Morgan fingerprint density at radius 2 is 1.79 bits per heavy atom. The summed E-state index contributed by atoms with van der Waals surface area (Å²) in [5, 5.41) is 11.2. The lowest BCUT2D eigenvalue weighted by atomic mass is 10.1. The highest BCUT2D eigenvalue weighted by molar-refractivity contribution is 5.88. The van der Waals surface area contributed by atoms with Crippen LogP contribution in [0.1, 0.15) is 26.3 Å². The van der Waals surface area contributed by atoms with E-state index in [4.69, 9.17) is 14.5 Å². The van der Waals surface area contributed by atoms with Gasteiger partial charge in [0.1, 0.15) is 40.3 Å². The number of piperazine rings is 1. The zero-order chi connectivity index (χ0) is 30.3. The second kappa shape index (κ2) is 11.0. The van der Waals surface area contributed by atoms with Gasteiger partial charge in [-0.2, -0.15) is 0 Å². The fraction of sp³-hybridized carbons (Fsp3) is 0.333. The third kappa shape index (κ3) is 5.83. The van der Waals surface area contributed by atoms with Gasteiger partial charge in [-0.1, -0.05) is 5.21 Å². The van der Waals surface area contributed by atoms with Gasteiger partial charge in [-0.3, -0.25) is 0 Å². The molecule has 2 aromatic carbocycles. The minimum Gasteiger partial charge on any atom is -0.457 e. The summed E-state index contributed by atoms with van der Waals surface area (Å²) in [6.45, 7) is 9.41. The molecule has 0 radical (unpaired) electrons. The van der Waals surface area contributed by atoms with Crippen LogP contribution < -0.4 is 15.0 Å². The number of aryl methyl sites for hydroxylation is 1. The summed E-state index contributed by atoms with van der Waals surface area (Å²) >= 11 is 0. The molecule has 6 rings (SSSR count). The number of carbonyl (C=O) groups excluding carboxylic acids is 1.